The predicted octanol–water partition coefficient (Wildman–Crippen LogP) is 5.50. The Kier molecular flexibility index (Phi) is 6.06. The average Bonchev–Trinajstić information content (AvgIpc) is 3.01. The molecule has 3 aromatic rings. The molecule has 1 aliphatic rings. The van der Waals surface area contributed by atoms with Crippen LogP contribution < -0.4 is 4.90 Å². The lowest BCUT2D eigenvalue weighted by molar-refractivity contribution is -0.137. The van der Waals surface area contributed by atoms with Gasteiger partial charge in [-0.2, -0.15) is 0 Å². The number of carboxylic acids is 1. The van der Waals surface area contributed by atoms with Crippen LogP contribution in [-0.2, 0) is 4.79 Å². The molecular formula is C24H29BrN4O2. The summed E-state index contributed by atoms with van der Waals surface area (Å²) in [5.74, 6) is 1.54. The zero-order valence-corrected chi connectivity index (χ0v) is 20.2. The van der Waals surface area contributed by atoms with Gasteiger partial charge in [0, 0.05) is 30.2 Å². The van der Waals surface area contributed by atoms with Crippen LogP contribution in [0.3, 0.4) is 0 Å². The summed E-state index contributed by atoms with van der Waals surface area (Å²) in [6, 6.07) is 4.28. The van der Waals surface area contributed by atoms with E-state index in [1.165, 1.54) is 16.7 Å². The van der Waals surface area contributed by atoms with Crippen molar-refractivity contribution in [3.05, 3.63) is 45.3 Å². The zero-order valence-electron chi connectivity index (χ0n) is 18.6. The Hall–Kier alpha value is -2.41. The minimum Gasteiger partial charge on any atom is -0.481 e. The van der Waals surface area contributed by atoms with Crippen molar-refractivity contribution in [1.29, 1.82) is 0 Å². The van der Waals surface area contributed by atoms with Gasteiger partial charge in [-0.3, -0.25) is 4.79 Å². The van der Waals surface area contributed by atoms with E-state index < -0.39 is 5.97 Å². The number of anilines is 1. The number of benzene rings is 1. The highest BCUT2D eigenvalue weighted by Crippen LogP contribution is 2.35. The quantitative estimate of drug-likeness (QED) is 0.517. The van der Waals surface area contributed by atoms with Crippen molar-refractivity contribution in [1.82, 2.24) is 14.5 Å². The number of rotatable bonds is 5. The molecule has 0 bridgehead atoms. The molecule has 0 atom stereocenters. The highest BCUT2D eigenvalue weighted by atomic mass is 79.9. The molecular weight excluding hydrogens is 456 g/mol. The first-order valence-corrected chi connectivity index (χ1v) is 11.6. The normalized spacial score (nSPS) is 15.1. The van der Waals surface area contributed by atoms with E-state index >= 15 is 0 Å². The van der Waals surface area contributed by atoms with Crippen LogP contribution in [0.4, 0.5) is 5.82 Å². The molecule has 1 N–H and O–H groups in total. The Morgan fingerprint density at radius 3 is 2.35 bits per heavy atom. The minimum absolute atomic E-state index is 0.259. The summed E-state index contributed by atoms with van der Waals surface area (Å²) < 4.78 is 3.29. The molecule has 0 aliphatic carbocycles. The fraction of sp³-hybridized carbons (Fsp3) is 0.458. The molecule has 0 unspecified atom stereocenters. The van der Waals surface area contributed by atoms with E-state index in [1.807, 2.05) is 6.92 Å². The van der Waals surface area contributed by atoms with Gasteiger partial charge >= 0.3 is 5.97 Å². The summed E-state index contributed by atoms with van der Waals surface area (Å²) in [5, 5.41) is 10.1. The van der Waals surface area contributed by atoms with E-state index in [0.717, 1.165) is 65.2 Å². The lowest BCUT2D eigenvalue weighted by Crippen LogP contribution is -2.34. The third-order valence-corrected chi connectivity index (χ3v) is 6.76. The molecule has 0 spiro atoms. The van der Waals surface area contributed by atoms with Gasteiger partial charge in [0.1, 0.15) is 11.6 Å². The Balaban J connectivity index is 1.72. The Morgan fingerprint density at radius 2 is 1.74 bits per heavy atom. The lowest BCUT2D eigenvalue weighted by atomic mass is 9.92. The van der Waals surface area contributed by atoms with Gasteiger partial charge in [0.2, 0.25) is 0 Å². The number of piperidine rings is 1. The second kappa shape index (κ2) is 8.61. The number of nitrogens with zero attached hydrogens (tertiary/aromatic N) is 4. The summed E-state index contributed by atoms with van der Waals surface area (Å²) in [4.78, 5) is 23.0. The maximum absolute atomic E-state index is 10.9. The number of fused-ring (bicyclic) bond motifs is 1. The Labute approximate surface area is 191 Å². The fourth-order valence-corrected chi connectivity index (χ4v) is 5.52. The van der Waals surface area contributed by atoms with E-state index in [2.05, 4.69) is 64.5 Å². The van der Waals surface area contributed by atoms with Crippen LogP contribution in [0.1, 0.15) is 48.2 Å². The molecule has 1 fully saturated rings. The van der Waals surface area contributed by atoms with Gasteiger partial charge in [-0.05, 0) is 81.7 Å². The van der Waals surface area contributed by atoms with Crippen molar-refractivity contribution in [2.24, 2.45) is 5.92 Å². The molecule has 0 saturated carbocycles. The van der Waals surface area contributed by atoms with Gasteiger partial charge in [0.25, 0.3) is 0 Å². The van der Waals surface area contributed by atoms with Crippen molar-refractivity contribution < 1.29 is 9.90 Å². The molecule has 0 radical (unpaired) electrons. The van der Waals surface area contributed by atoms with Gasteiger partial charge < -0.3 is 14.6 Å². The highest BCUT2D eigenvalue weighted by molar-refractivity contribution is 9.10. The van der Waals surface area contributed by atoms with Crippen LogP contribution in [0.25, 0.3) is 16.7 Å². The number of aliphatic carboxylic acids is 1. The summed E-state index contributed by atoms with van der Waals surface area (Å²) in [7, 11) is 0. The van der Waals surface area contributed by atoms with Crippen molar-refractivity contribution >= 4 is 38.8 Å². The number of aromatic nitrogens is 3. The van der Waals surface area contributed by atoms with Crippen LogP contribution >= 0.6 is 15.9 Å². The number of halogens is 1. The molecule has 4 rings (SSSR count). The van der Waals surface area contributed by atoms with Crippen LogP contribution in [0, 0.1) is 33.6 Å². The average molecular weight is 485 g/mol. The summed E-state index contributed by atoms with van der Waals surface area (Å²) >= 11 is 3.60. The maximum atomic E-state index is 10.9. The van der Waals surface area contributed by atoms with Crippen LogP contribution in [0.15, 0.2) is 22.8 Å². The largest absolute Gasteiger partial charge is 0.481 e. The van der Waals surface area contributed by atoms with Gasteiger partial charge in [-0.1, -0.05) is 15.9 Å². The first-order valence-electron chi connectivity index (χ1n) is 10.8. The maximum Gasteiger partial charge on any atom is 0.303 e. The fourth-order valence-electron chi connectivity index (χ4n) is 4.83. The van der Waals surface area contributed by atoms with Gasteiger partial charge in [-0.25, -0.2) is 9.97 Å². The molecule has 1 aromatic carbocycles. The molecule has 1 saturated heterocycles. The molecule has 0 amide bonds. The number of carboxylic acid groups (broad SMARTS) is 1. The summed E-state index contributed by atoms with van der Waals surface area (Å²) in [6.07, 6.45) is 5.20. The molecule has 3 heterocycles. The van der Waals surface area contributed by atoms with Gasteiger partial charge in [0.05, 0.1) is 11.1 Å². The topological polar surface area (TPSA) is 71.2 Å². The molecule has 31 heavy (non-hydrogen) atoms. The Morgan fingerprint density at radius 1 is 1.10 bits per heavy atom. The van der Waals surface area contributed by atoms with Crippen molar-refractivity contribution in [3.8, 4) is 5.69 Å². The van der Waals surface area contributed by atoms with Crippen LogP contribution in [-0.4, -0.2) is 38.7 Å². The summed E-state index contributed by atoms with van der Waals surface area (Å²) in [6.45, 7) is 10.1. The summed E-state index contributed by atoms with van der Waals surface area (Å²) in [5.41, 5.74) is 5.67. The minimum atomic E-state index is -0.703. The highest BCUT2D eigenvalue weighted by Gasteiger charge is 2.25. The van der Waals surface area contributed by atoms with Gasteiger partial charge in [0.15, 0.2) is 5.65 Å². The van der Waals surface area contributed by atoms with Crippen molar-refractivity contribution in [2.75, 3.05) is 18.0 Å². The third kappa shape index (κ3) is 4.33. The van der Waals surface area contributed by atoms with E-state index in [1.54, 1.807) is 0 Å². The van der Waals surface area contributed by atoms with Crippen LogP contribution in [0.2, 0.25) is 0 Å². The first-order chi connectivity index (χ1) is 14.7. The van der Waals surface area contributed by atoms with E-state index in [-0.39, 0.29) is 6.42 Å². The Bertz CT molecular complexity index is 1120. The molecule has 1 aliphatic heterocycles. The van der Waals surface area contributed by atoms with Crippen molar-refractivity contribution in [2.45, 2.75) is 53.4 Å². The molecule has 2 aromatic heterocycles. The third-order valence-electron chi connectivity index (χ3n) is 6.31. The first kappa shape index (κ1) is 21.8. The van der Waals surface area contributed by atoms with Crippen LogP contribution in [0.5, 0.6) is 0 Å². The SMILES string of the molecule is Cc1nc(N2CCC(CCC(=O)O)CC2)c2c(C)cn(-c3c(C)cc(Br)cc3C)c2n1. The van der Waals surface area contributed by atoms with E-state index in [9.17, 15) is 4.79 Å². The number of aryl methyl sites for hydroxylation is 4. The molecule has 7 heteroatoms. The smallest absolute Gasteiger partial charge is 0.303 e. The number of hydrogen-bond acceptors (Lipinski definition) is 4. The van der Waals surface area contributed by atoms with E-state index in [0.29, 0.717) is 5.92 Å². The molecule has 6 nitrogen and oxygen atoms in total. The predicted molar refractivity (Wildman–Crippen MR) is 127 cm³/mol. The van der Waals surface area contributed by atoms with Crippen molar-refractivity contribution in [3.63, 3.8) is 0 Å². The monoisotopic (exact) mass is 484 g/mol. The number of hydrogen-bond donors (Lipinski definition) is 1. The zero-order chi connectivity index (χ0) is 22.3. The van der Waals surface area contributed by atoms with E-state index in [4.69, 9.17) is 15.1 Å². The molecule has 164 valence electrons. The lowest BCUT2D eigenvalue weighted by Gasteiger charge is -2.33. The second-order valence-electron chi connectivity index (χ2n) is 8.73. The number of carbonyl (C=O) groups is 1. The standard InChI is InChI=1S/C24H29BrN4O2/c1-14-11-19(25)12-15(2)22(14)29-13-16(3)21-23(26-17(4)27-24(21)29)28-9-7-18(8-10-28)5-6-20(30)31/h11-13,18H,5-10H2,1-4H3,(H,30,31). The van der Waals surface area contributed by atoms with Gasteiger partial charge in [-0.15, -0.1) is 0 Å². The second-order valence-corrected chi connectivity index (χ2v) is 9.64.